The van der Waals surface area contributed by atoms with Crippen molar-refractivity contribution in [1.29, 1.82) is 0 Å². The molecule has 0 saturated heterocycles. The number of hydrogen-bond acceptors (Lipinski definition) is 5. The van der Waals surface area contributed by atoms with Crippen molar-refractivity contribution in [3.05, 3.63) is 58.3 Å². The summed E-state index contributed by atoms with van der Waals surface area (Å²) >= 11 is 1.28. The van der Waals surface area contributed by atoms with Crippen LogP contribution in [0, 0.1) is 0 Å². The van der Waals surface area contributed by atoms with Gasteiger partial charge in [-0.15, -0.1) is 11.3 Å². The Morgan fingerprint density at radius 3 is 2.42 bits per heavy atom. The zero-order chi connectivity index (χ0) is 17.5. The van der Waals surface area contributed by atoms with Crippen LogP contribution >= 0.6 is 11.3 Å². The summed E-state index contributed by atoms with van der Waals surface area (Å²) in [5.41, 5.74) is 0.578. The highest BCUT2D eigenvalue weighted by Crippen LogP contribution is 2.19. The Morgan fingerprint density at radius 2 is 1.83 bits per heavy atom. The summed E-state index contributed by atoms with van der Waals surface area (Å²) in [5.74, 6) is -1.37. The zero-order valence-corrected chi connectivity index (χ0v) is 14.2. The van der Waals surface area contributed by atoms with E-state index >= 15 is 0 Å². The van der Waals surface area contributed by atoms with Gasteiger partial charge in [0.25, 0.3) is 11.8 Å². The molecular weight excluding hydrogens is 328 g/mol. The Labute approximate surface area is 144 Å². The van der Waals surface area contributed by atoms with Crippen LogP contribution in [-0.4, -0.2) is 43.3 Å². The maximum absolute atomic E-state index is 12.3. The maximum atomic E-state index is 12.3. The summed E-state index contributed by atoms with van der Waals surface area (Å²) < 4.78 is 5.29. The molecule has 0 unspecified atom stereocenters. The molecule has 2 aromatic rings. The lowest BCUT2D eigenvalue weighted by Gasteiger charge is -2.21. The molecule has 0 aliphatic heterocycles. The van der Waals surface area contributed by atoms with Gasteiger partial charge in [0.1, 0.15) is 6.54 Å². The molecule has 0 aliphatic rings. The number of esters is 1. The van der Waals surface area contributed by atoms with Crippen LogP contribution in [0.25, 0.3) is 0 Å². The molecule has 1 aromatic carbocycles. The van der Waals surface area contributed by atoms with Gasteiger partial charge in [-0.25, -0.2) is 0 Å². The fourth-order valence-electron chi connectivity index (χ4n) is 1.94. The number of nitrogens with one attached hydrogen (secondary N) is 1. The predicted octanol–water partition coefficient (Wildman–Crippen LogP) is 1.85. The Kier molecular flexibility index (Phi) is 6.08. The molecule has 6 nitrogen and oxygen atoms in total. The van der Waals surface area contributed by atoms with E-state index in [9.17, 15) is 14.4 Å². The van der Waals surface area contributed by atoms with E-state index in [1.807, 2.05) is 6.07 Å². The van der Waals surface area contributed by atoms with Gasteiger partial charge in [-0.2, -0.15) is 0 Å². The van der Waals surface area contributed by atoms with Gasteiger partial charge in [0, 0.05) is 19.7 Å². The van der Waals surface area contributed by atoms with Crippen LogP contribution in [-0.2, 0) is 14.3 Å². The average molecular weight is 346 g/mol. The van der Waals surface area contributed by atoms with E-state index in [-0.39, 0.29) is 18.4 Å². The van der Waals surface area contributed by atoms with E-state index in [0.29, 0.717) is 10.4 Å². The Morgan fingerprint density at radius 1 is 1.12 bits per heavy atom. The van der Waals surface area contributed by atoms with E-state index in [1.165, 1.54) is 16.2 Å². The van der Waals surface area contributed by atoms with Gasteiger partial charge < -0.3 is 15.0 Å². The van der Waals surface area contributed by atoms with Crippen molar-refractivity contribution in [2.75, 3.05) is 20.6 Å². The minimum Gasteiger partial charge on any atom is -0.446 e. The van der Waals surface area contributed by atoms with Crippen molar-refractivity contribution in [1.82, 2.24) is 10.2 Å². The monoisotopic (exact) mass is 346 g/mol. The summed E-state index contributed by atoms with van der Waals surface area (Å²) in [6.07, 6.45) is -1.03. The van der Waals surface area contributed by atoms with Crippen molar-refractivity contribution >= 4 is 29.1 Å². The molecule has 126 valence electrons. The predicted molar refractivity (Wildman–Crippen MR) is 90.6 cm³/mol. The summed E-state index contributed by atoms with van der Waals surface area (Å²) in [5, 5.41) is 4.25. The standard InChI is InChI=1S/C17H18N2O4S/c1-19(2)17(22)15(12-7-4-3-5-8-12)23-14(20)11-18-16(21)13-9-6-10-24-13/h3-10,15H,11H2,1-2H3,(H,18,21)/t15-/m1/s1. The third-order valence-corrected chi connectivity index (χ3v) is 4.02. The van der Waals surface area contributed by atoms with Gasteiger partial charge in [-0.05, 0) is 11.4 Å². The molecule has 0 saturated carbocycles. The van der Waals surface area contributed by atoms with Crippen LogP contribution in [0.3, 0.4) is 0 Å². The first-order valence-electron chi connectivity index (χ1n) is 7.26. The molecule has 0 bridgehead atoms. The number of ether oxygens (including phenoxy) is 1. The van der Waals surface area contributed by atoms with Crippen LogP contribution in [0.2, 0.25) is 0 Å². The van der Waals surface area contributed by atoms with E-state index in [0.717, 1.165) is 0 Å². The number of thiophene rings is 1. The molecule has 0 aliphatic carbocycles. The number of likely N-dealkylation sites (N-methyl/N-ethyl adjacent to an activating group) is 1. The van der Waals surface area contributed by atoms with Crippen molar-refractivity contribution < 1.29 is 19.1 Å². The Balaban J connectivity index is 2.00. The van der Waals surface area contributed by atoms with Crippen molar-refractivity contribution in [3.63, 3.8) is 0 Å². The number of hydrogen-bond donors (Lipinski definition) is 1. The van der Waals surface area contributed by atoms with Crippen molar-refractivity contribution in [2.24, 2.45) is 0 Å². The van der Waals surface area contributed by atoms with Crippen LogP contribution in [0.4, 0.5) is 0 Å². The first kappa shape index (κ1) is 17.7. The largest absolute Gasteiger partial charge is 0.446 e. The normalized spacial score (nSPS) is 11.4. The molecule has 2 rings (SSSR count). The second kappa shape index (κ2) is 8.26. The van der Waals surface area contributed by atoms with E-state index in [4.69, 9.17) is 4.74 Å². The average Bonchev–Trinajstić information content (AvgIpc) is 3.12. The fourth-order valence-corrected chi connectivity index (χ4v) is 2.58. The van der Waals surface area contributed by atoms with E-state index < -0.39 is 12.1 Å². The van der Waals surface area contributed by atoms with Crippen LogP contribution in [0.5, 0.6) is 0 Å². The third kappa shape index (κ3) is 4.66. The molecule has 24 heavy (non-hydrogen) atoms. The molecule has 1 aromatic heterocycles. The highest BCUT2D eigenvalue weighted by atomic mass is 32.1. The van der Waals surface area contributed by atoms with Gasteiger partial charge in [-0.1, -0.05) is 36.4 Å². The highest BCUT2D eigenvalue weighted by Gasteiger charge is 2.26. The van der Waals surface area contributed by atoms with Gasteiger partial charge >= 0.3 is 5.97 Å². The molecule has 0 spiro atoms. The van der Waals surface area contributed by atoms with E-state index in [2.05, 4.69) is 5.32 Å². The first-order valence-corrected chi connectivity index (χ1v) is 8.14. The molecule has 0 fully saturated rings. The topological polar surface area (TPSA) is 75.7 Å². The lowest BCUT2D eigenvalue weighted by molar-refractivity contribution is -0.158. The number of amides is 2. The second-order valence-corrected chi connectivity index (χ2v) is 6.12. The number of rotatable bonds is 6. The van der Waals surface area contributed by atoms with Crippen molar-refractivity contribution in [2.45, 2.75) is 6.10 Å². The fraction of sp³-hybridized carbons (Fsp3) is 0.235. The Bertz CT molecular complexity index is 699. The minimum atomic E-state index is -1.03. The molecule has 2 amide bonds. The first-order chi connectivity index (χ1) is 11.5. The van der Waals surface area contributed by atoms with E-state index in [1.54, 1.807) is 55.9 Å². The summed E-state index contributed by atoms with van der Waals surface area (Å²) in [6.45, 7) is -0.305. The van der Waals surface area contributed by atoms with Gasteiger partial charge in [-0.3, -0.25) is 14.4 Å². The molecule has 1 N–H and O–H groups in total. The molecule has 0 radical (unpaired) electrons. The number of carbonyl (C=O) groups excluding carboxylic acids is 3. The summed E-state index contributed by atoms with van der Waals surface area (Å²) in [6, 6.07) is 12.2. The third-order valence-electron chi connectivity index (χ3n) is 3.15. The number of carbonyl (C=O) groups is 3. The quantitative estimate of drug-likeness (QED) is 0.810. The minimum absolute atomic E-state index is 0.305. The highest BCUT2D eigenvalue weighted by molar-refractivity contribution is 7.12. The number of benzene rings is 1. The lowest BCUT2D eigenvalue weighted by Crippen LogP contribution is -2.35. The van der Waals surface area contributed by atoms with Gasteiger partial charge in [0.05, 0.1) is 4.88 Å². The molecule has 1 heterocycles. The molecule has 1 atom stereocenters. The number of nitrogens with zero attached hydrogens (tertiary/aromatic N) is 1. The van der Waals surface area contributed by atoms with Gasteiger partial charge in [0.2, 0.25) is 6.10 Å². The Hall–Kier alpha value is -2.67. The van der Waals surface area contributed by atoms with Crippen molar-refractivity contribution in [3.8, 4) is 0 Å². The molecular formula is C17H18N2O4S. The van der Waals surface area contributed by atoms with Crippen LogP contribution in [0.1, 0.15) is 21.3 Å². The van der Waals surface area contributed by atoms with Gasteiger partial charge in [0.15, 0.2) is 0 Å². The lowest BCUT2D eigenvalue weighted by atomic mass is 10.1. The SMILES string of the molecule is CN(C)C(=O)[C@H](OC(=O)CNC(=O)c1cccs1)c1ccccc1. The molecule has 7 heteroatoms. The van der Waals surface area contributed by atoms with Crippen LogP contribution in [0.15, 0.2) is 47.8 Å². The maximum Gasteiger partial charge on any atom is 0.326 e. The zero-order valence-electron chi connectivity index (χ0n) is 13.4. The van der Waals surface area contributed by atoms with Crippen LogP contribution < -0.4 is 5.32 Å². The summed E-state index contributed by atoms with van der Waals surface area (Å²) in [7, 11) is 3.18. The second-order valence-electron chi connectivity index (χ2n) is 5.17. The smallest absolute Gasteiger partial charge is 0.326 e. The summed E-state index contributed by atoms with van der Waals surface area (Å²) in [4.78, 5) is 38.0.